The Hall–Kier alpha value is -1.26. The molecule has 1 aromatic rings. The maximum atomic E-state index is 11.7. The summed E-state index contributed by atoms with van der Waals surface area (Å²) in [6, 6.07) is 7.52. The lowest BCUT2D eigenvalue weighted by molar-refractivity contribution is -0.122. The molecule has 0 aliphatic heterocycles. The second-order valence-corrected chi connectivity index (χ2v) is 4.44. The third kappa shape index (κ3) is 5.94. The van der Waals surface area contributed by atoms with E-state index in [0.29, 0.717) is 13.0 Å². The minimum Gasteiger partial charge on any atom is -0.494 e. The summed E-state index contributed by atoms with van der Waals surface area (Å²) in [5.41, 5.74) is 6.58. The van der Waals surface area contributed by atoms with E-state index in [4.69, 9.17) is 10.5 Å². The summed E-state index contributed by atoms with van der Waals surface area (Å²) in [7, 11) is 0. The second kappa shape index (κ2) is 8.77. The number of amides is 1. The third-order valence-corrected chi connectivity index (χ3v) is 2.57. The molecule has 0 aromatic heterocycles. The van der Waals surface area contributed by atoms with Gasteiger partial charge in [-0.05, 0) is 26.8 Å². The number of hydrogen-bond acceptors (Lipinski definition) is 3. The summed E-state index contributed by atoms with van der Waals surface area (Å²) in [5, 5.41) is 2.93. The SMILES string of the molecule is CCOc1ccccc1C(C)NC(=O)CC(C)N.Cl. The van der Waals surface area contributed by atoms with E-state index < -0.39 is 0 Å². The number of carbonyl (C=O) groups is 1. The molecule has 2 atom stereocenters. The highest BCUT2D eigenvalue weighted by Gasteiger charge is 2.14. The molecule has 0 saturated heterocycles. The van der Waals surface area contributed by atoms with E-state index in [1.54, 1.807) is 0 Å². The zero-order valence-electron chi connectivity index (χ0n) is 11.7. The summed E-state index contributed by atoms with van der Waals surface area (Å²) >= 11 is 0. The predicted octanol–water partition coefficient (Wildman–Crippen LogP) is 2.42. The summed E-state index contributed by atoms with van der Waals surface area (Å²) in [5.74, 6) is 0.775. The molecule has 0 fully saturated rings. The van der Waals surface area contributed by atoms with Crippen LogP contribution in [-0.2, 0) is 4.79 Å². The van der Waals surface area contributed by atoms with Crippen molar-refractivity contribution >= 4 is 18.3 Å². The van der Waals surface area contributed by atoms with Gasteiger partial charge in [0.05, 0.1) is 12.6 Å². The molecule has 1 amide bonds. The smallest absolute Gasteiger partial charge is 0.222 e. The number of hydrogen-bond donors (Lipinski definition) is 2. The Labute approximate surface area is 121 Å². The average molecular weight is 287 g/mol. The van der Waals surface area contributed by atoms with Crippen LogP contribution >= 0.6 is 12.4 Å². The largest absolute Gasteiger partial charge is 0.494 e. The Bertz CT molecular complexity index is 397. The van der Waals surface area contributed by atoms with Gasteiger partial charge in [-0.25, -0.2) is 0 Å². The molecule has 19 heavy (non-hydrogen) atoms. The van der Waals surface area contributed by atoms with Crippen LogP contribution in [0.5, 0.6) is 5.75 Å². The molecule has 1 aromatic carbocycles. The Kier molecular flexibility index (Phi) is 8.19. The van der Waals surface area contributed by atoms with Crippen LogP contribution in [0.2, 0.25) is 0 Å². The van der Waals surface area contributed by atoms with E-state index >= 15 is 0 Å². The number of halogens is 1. The lowest BCUT2D eigenvalue weighted by Crippen LogP contribution is -2.31. The monoisotopic (exact) mass is 286 g/mol. The first-order chi connectivity index (χ1) is 8.54. The number of nitrogens with two attached hydrogens (primary N) is 1. The van der Waals surface area contributed by atoms with Crippen molar-refractivity contribution in [2.45, 2.75) is 39.3 Å². The number of benzene rings is 1. The minimum atomic E-state index is -0.126. The van der Waals surface area contributed by atoms with Crippen LogP contribution in [0, 0.1) is 0 Å². The molecule has 108 valence electrons. The average Bonchev–Trinajstić information content (AvgIpc) is 2.28. The maximum Gasteiger partial charge on any atom is 0.222 e. The Morgan fingerprint density at radius 1 is 1.37 bits per heavy atom. The zero-order valence-corrected chi connectivity index (χ0v) is 12.5. The standard InChI is InChI=1S/C14H22N2O2.ClH/c1-4-18-13-8-6-5-7-12(13)11(3)16-14(17)9-10(2)15;/h5-8,10-11H,4,9,15H2,1-3H3,(H,16,17);1H. The number of para-hydroxylation sites is 1. The topological polar surface area (TPSA) is 64.3 Å². The first-order valence-electron chi connectivity index (χ1n) is 6.31. The van der Waals surface area contributed by atoms with Gasteiger partial charge in [0.2, 0.25) is 5.91 Å². The molecule has 5 heteroatoms. The molecule has 3 N–H and O–H groups in total. The number of ether oxygens (including phenoxy) is 1. The lowest BCUT2D eigenvalue weighted by Gasteiger charge is -2.18. The van der Waals surface area contributed by atoms with Crippen molar-refractivity contribution in [3.05, 3.63) is 29.8 Å². The van der Waals surface area contributed by atoms with Crippen molar-refractivity contribution in [3.63, 3.8) is 0 Å². The van der Waals surface area contributed by atoms with E-state index in [9.17, 15) is 4.79 Å². The highest BCUT2D eigenvalue weighted by Crippen LogP contribution is 2.24. The predicted molar refractivity (Wildman–Crippen MR) is 79.7 cm³/mol. The van der Waals surface area contributed by atoms with Crippen LogP contribution in [0.4, 0.5) is 0 Å². The fraction of sp³-hybridized carbons (Fsp3) is 0.500. The summed E-state index contributed by atoms with van der Waals surface area (Å²) in [6.07, 6.45) is 0.334. The van der Waals surface area contributed by atoms with Crippen molar-refractivity contribution in [2.75, 3.05) is 6.61 Å². The van der Waals surface area contributed by atoms with Gasteiger partial charge < -0.3 is 15.8 Å². The molecule has 0 heterocycles. The van der Waals surface area contributed by atoms with Gasteiger partial charge in [0, 0.05) is 18.0 Å². The summed E-state index contributed by atoms with van der Waals surface area (Å²) in [6.45, 7) is 6.31. The van der Waals surface area contributed by atoms with Gasteiger partial charge in [-0.1, -0.05) is 18.2 Å². The van der Waals surface area contributed by atoms with Crippen molar-refractivity contribution < 1.29 is 9.53 Å². The van der Waals surface area contributed by atoms with Crippen LogP contribution in [-0.4, -0.2) is 18.6 Å². The zero-order chi connectivity index (χ0) is 13.5. The number of carbonyl (C=O) groups excluding carboxylic acids is 1. The quantitative estimate of drug-likeness (QED) is 0.844. The fourth-order valence-electron chi connectivity index (χ4n) is 1.80. The van der Waals surface area contributed by atoms with Gasteiger partial charge in [0.25, 0.3) is 0 Å². The second-order valence-electron chi connectivity index (χ2n) is 4.44. The third-order valence-electron chi connectivity index (χ3n) is 2.57. The molecule has 0 saturated carbocycles. The van der Waals surface area contributed by atoms with Crippen molar-refractivity contribution in [1.29, 1.82) is 0 Å². The van der Waals surface area contributed by atoms with E-state index in [0.717, 1.165) is 11.3 Å². The maximum absolute atomic E-state index is 11.7. The number of rotatable bonds is 6. The fourth-order valence-corrected chi connectivity index (χ4v) is 1.80. The van der Waals surface area contributed by atoms with Crippen LogP contribution in [0.25, 0.3) is 0 Å². The molecule has 0 aliphatic carbocycles. The van der Waals surface area contributed by atoms with Gasteiger partial charge >= 0.3 is 0 Å². The molecule has 0 aliphatic rings. The van der Waals surface area contributed by atoms with Crippen LogP contribution in [0.1, 0.15) is 38.8 Å². The lowest BCUT2D eigenvalue weighted by atomic mass is 10.1. The summed E-state index contributed by atoms with van der Waals surface area (Å²) < 4.78 is 5.54. The molecule has 1 rings (SSSR count). The van der Waals surface area contributed by atoms with Gasteiger partial charge in [-0.2, -0.15) is 0 Å². The normalized spacial score (nSPS) is 13.1. The Morgan fingerprint density at radius 2 is 2.00 bits per heavy atom. The molecular weight excluding hydrogens is 264 g/mol. The van der Waals surface area contributed by atoms with Crippen molar-refractivity contribution in [2.24, 2.45) is 5.73 Å². The molecule has 4 nitrogen and oxygen atoms in total. The molecule has 0 bridgehead atoms. The van der Waals surface area contributed by atoms with Crippen molar-refractivity contribution in [1.82, 2.24) is 5.32 Å². The first-order valence-corrected chi connectivity index (χ1v) is 6.31. The van der Waals surface area contributed by atoms with E-state index in [1.165, 1.54) is 0 Å². The molecular formula is C14H23ClN2O2. The van der Waals surface area contributed by atoms with Crippen molar-refractivity contribution in [3.8, 4) is 5.75 Å². The molecule has 0 spiro atoms. The molecule has 0 radical (unpaired) electrons. The Morgan fingerprint density at radius 3 is 2.58 bits per heavy atom. The van der Waals surface area contributed by atoms with E-state index in [2.05, 4.69) is 5.32 Å². The highest BCUT2D eigenvalue weighted by atomic mass is 35.5. The summed E-state index contributed by atoms with van der Waals surface area (Å²) in [4.78, 5) is 11.7. The van der Waals surface area contributed by atoms with Crippen LogP contribution in [0.3, 0.4) is 0 Å². The minimum absolute atomic E-state index is 0. The molecule has 2 unspecified atom stereocenters. The van der Waals surface area contributed by atoms with Gasteiger partial charge in [-0.15, -0.1) is 12.4 Å². The van der Waals surface area contributed by atoms with Gasteiger partial charge in [-0.3, -0.25) is 4.79 Å². The van der Waals surface area contributed by atoms with Gasteiger partial charge in [0.15, 0.2) is 0 Å². The van der Waals surface area contributed by atoms with Crippen LogP contribution < -0.4 is 15.8 Å². The van der Waals surface area contributed by atoms with E-state index in [1.807, 2.05) is 45.0 Å². The van der Waals surface area contributed by atoms with Gasteiger partial charge in [0.1, 0.15) is 5.75 Å². The number of nitrogens with one attached hydrogen (secondary N) is 1. The van der Waals surface area contributed by atoms with E-state index in [-0.39, 0.29) is 30.4 Å². The Balaban J connectivity index is 0.00000324. The highest BCUT2D eigenvalue weighted by molar-refractivity contribution is 5.85. The first kappa shape index (κ1) is 17.7. The van der Waals surface area contributed by atoms with Crippen LogP contribution in [0.15, 0.2) is 24.3 Å².